The fourth-order valence-electron chi connectivity index (χ4n) is 2.61. The van der Waals surface area contributed by atoms with Crippen LogP contribution >= 0.6 is 23.3 Å². The molecule has 1 aromatic heterocycles. The zero-order valence-corrected chi connectivity index (χ0v) is 18.0. The number of aliphatic hydroxyl groups is 1. The Morgan fingerprint density at radius 2 is 1.93 bits per heavy atom. The van der Waals surface area contributed by atoms with Crippen LogP contribution in [0.2, 0.25) is 0 Å². The third-order valence-corrected chi connectivity index (χ3v) is 5.73. The van der Waals surface area contributed by atoms with Crippen molar-refractivity contribution in [2.45, 2.75) is 63.3 Å². The lowest BCUT2D eigenvalue weighted by Crippen LogP contribution is -2.25. The van der Waals surface area contributed by atoms with Crippen LogP contribution in [-0.2, 0) is 5.60 Å². The first-order valence-electron chi connectivity index (χ1n) is 8.75. The molecular weight excluding hydrogens is 385 g/mol. The number of hydrogen-bond acceptors (Lipinski definition) is 5. The Labute approximate surface area is 167 Å². The molecule has 1 aromatic carbocycles. The number of aromatic nitrogens is 1. The summed E-state index contributed by atoms with van der Waals surface area (Å²) in [6, 6.07) is 2.72. The van der Waals surface area contributed by atoms with E-state index in [0.717, 1.165) is 17.5 Å². The maximum Gasteiger partial charge on any atom is 0.329 e. The van der Waals surface area contributed by atoms with Gasteiger partial charge in [-0.25, -0.2) is 14.2 Å². The van der Waals surface area contributed by atoms with E-state index < -0.39 is 11.6 Å². The fourth-order valence-corrected chi connectivity index (χ4v) is 4.15. The fraction of sp³-hybridized carbons (Fsp3) is 0.474. The van der Waals surface area contributed by atoms with E-state index in [1.807, 2.05) is 27.7 Å². The molecular formula is C19H26FN3O2S2. The summed E-state index contributed by atoms with van der Waals surface area (Å²) >= 11 is 2.39. The van der Waals surface area contributed by atoms with Gasteiger partial charge in [-0.05, 0) is 37.3 Å². The third-order valence-electron chi connectivity index (χ3n) is 4.00. The second-order valence-electron chi connectivity index (χ2n) is 7.45. The first-order valence-corrected chi connectivity index (χ1v) is 10.4. The van der Waals surface area contributed by atoms with Gasteiger partial charge in [-0.15, -0.1) is 11.3 Å². The number of halogens is 1. The standard InChI is InChI=1S/C19H26FN3O2S2/c1-10(2)12-7-8-13(20)15(11(3)4)16(12)22-17(24)23-27-18-21-14(9-26-18)19(5,6)25/h7-11,25H,1-6H3,(H2,22,23,24). The van der Waals surface area contributed by atoms with Crippen LogP contribution in [0.1, 0.15) is 70.2 Å². The van der Waals surface area contributed by atoms with Crippen molar-refractivity contribution < 1.29 is 14.3 Å². The van der Waals surface area contributed by atoms with Crippen LogP contribution in [-0.4, -0.2) is 16.1 Å². The van der Waals surface area contributed by atoms with Crippen LogP contribution in [0.15, 0.2) is 21.9 Å². The number of benzene rings is 1. The molecule has 0 saturated carbocycles. The molecule has 0 fully saturated rings. The van der Waals surface area contributed by atoms with E-state index in [0.29, 0.717) is 21.3 Å². The van der Waals surface area contributed by atoms with Crippen LogP contribution in [0, 0.1) is 5.82 Å². The molecule has 0 bridgehead atoms. The monoisotopic (exact) mass is 411 g/mol. The van der Waals surface area contributed by atoms with E-state index in [2.05, 4.69) is 15.0 Å². The Morgan fingerprint density at radius 3 is 2.44 bits per heavy atom. The van der Waals surface area contributed by atoms with Crippen molar-refractivity contribution in [3.63, 3.8) is 0 Å². The zero-order valence-electron chi connectivity index (χ0n) is 16.4. The number of amides is 2. The highest BCUT2D eigenvalue weighted by Gasteiger charge is 2.22. The van der Waals surface area contributed by atoms with Gasteiger partial charge in [0.1, 0.15) is 11.4 Å². The number of carbonyl (C=O) groups is 1. The molecule has 0 aliphatic carbocycles. The lowest BCUT2D eigenvalue weighted by molar-refractivity contribution is 0.0741. The average Bonchev–Trinajstić information content (AvgIpc) is 3.01. The van der Waals surface area contributed by atoms with Gasteiger partial charge in [0.15, 0.2) is 4.34 Å². The van der Waals surface area contributed by atoms with E-state index in [4.69, 9.17) is 0 Å². The third kappa shape index (κ3) is 5.43. The zero-order chi connectivity index (χ0) is 20.4. The SMILES string of the molecule is CC(C)c1ccc(F)c(C(C)C)c1NC(=O)NSc1nc(C(C)(C)O)cs1. The molecule has 0 aliphatic heterocycles. The molecule has 27 heavy (non-hydrogen) atoms. The van der Waals surface area contributed by atoms with Crippen LogP contribution in [0.4, 0.5) is 14.9 Å². The number of anilines is 1. The molecule has 0 radical (unpaired) electrons. The second kappa shape index (κ2) is 8.58. The Morgan fingerprint density at radius 1 is 1.26 bits per heavy atom. The summed E-state index contributed by atoms with van der Waals surface area (Å²) in [5.41, 5.74) is 1.43. The predicted octanol–water partition coefficient (Wildman–Crippen LogP) is 5.59. The van der Waals surface area contributed by atoms with Crippen LogP contribution < -0.4 is 10.0 Å². The molecule has 0 saturated heterocycles. The van der Waals surface area contributed by atoms with E-state index >= 15 is 0 Å². The molecule has 0 spiro atoms. The van der Waals surface area contributed by atoms with Gasteiger partial charge >= 0.3 is 6.03 Å². The molecule has 8 heteroatoms. The predicted molar refractivity (Wildman–Crippen MR) is 110 cm³/mol. The lowest BCUT2D eigenvalue weighted by Gasteiger charge is -2.20. The van der Waals surface area contributed by atoms with Gasteiger partial charge in [0.25, 0.3) is 0 Å². The molecule has 2 amide bonds. The minimum atomic E-state index is -1.03. The highest BCUT2D eigenvalue weighted by Crippen LogP contribution is 2.34. The van der Waals surface area contributed by atoms with Gasteiger partial charge < -0.3 is 10.4 Å². The summed E-state index contributed by atoms with van der Waals surface area (Å²) in [7, 11) is 0. The first kappa shape index (κ1) is 21.7. The normalized spacial score (nSPS) is 11.9. The first-order chi connectivity index (χ1) is 12.5. The van der Waals surface area contributed by atoms with Crippen molar-refractivity contribution in [3.8, 4) is 0 Å². The Kier molecular flexibility index (Phi) is 6.88. The molecule has 0 unspecified atom stereocenters. The molecule has 5 nitrogen and oxygen atoms in total. The highest BCUT2D eigenvalue weighted by molar-refractivity contribution is 7.99. The van der Waals surface area contributed by atoms with Crippen LogP contribution in [0.3, 0.4) is 0 Å². The van der Waals surface area contributed by atoms with Crippen molar-refractivity contribution >= 4 is 35.0 Å². The maximum absolute atomic E-state index is 14.4. The minimum Gasteiger partial charge on any atom is -0.384 e. The molecule has 0 atom stereocenters. The number of thiazole rings is 1. The minimum absolute atomic E-state index is 0.0695. The number of urea groups is 1. The average molecular weight is 412 g/mol. The molecule has 0 aliphatic rings. The van der Waals surface area contributed by atoms with Gasteiger partial charge in [0, 0.05) is 22.9 Å². The lowest BCUT2D eigenvalue weighted by atomic mass is 9.92. The summed E-state index contributed by atoms with van der Waals surface area (Å²) in [5.74, 6) is -0.258. The number of carbonyl (C=O) groups excluding carboxylic acids is 1. The van der Waals surface area contributed by atoms with E-state index in [9.17, 15) is 14.3 Å². The Bertz CT molecular complexity index is 814. The molecule has 1 heterocycles. The van der Waals surface area contributed by atoms with Gasteiger partial charge in [-0.1, -0.05) is 33.8 Å². The van der Waals surface area contributed by atoms with E-state index in [-0.39, 0.29) is 17.7 Å². The van der Waals surface area contributed by atoms with Crippen molar-refractivity contribution in [1.29, 1.82) is 0 Å². The number of nitrogens with zero attached hydrogens (tertiary/aromatic N) is 1. The molecule has 3 N–H and O–H groups in total. The van der Waals surface area contributed by atoms with Gasteiger partial charge in [0.05, 0.1) is 11.4 Å². The second-order valence-corrected chi connectivity index (χ2v) is 9.36. The van der Waals surface area contributed by atoms with Crippen LogP contribution in [0.25, 0.3) is 0 Å². The Hall–Kier alpha value is -1.64. The summed E-state index contributed by atoms with van der Waals surface area (Å²) in [6.07, 6.45) is 0. The van der Waals surface area contributed by atoms with E-state index in [1.54, 1.807) is 25.3 Å². The summed E-state index contributed by atoms with van der Waals surface area (Å²) in [5, 5.41) is 14.5. The smallest absolute Gasteiger partial charge is 0.329 e. The van der Waals surface area contributed by atoms with Crippen LogP contribution in [0.5, 0.6) is 0 Å². The van der Waals surface area contributed by atoms with Gasteiger partial charge in [-0.2, -0.15) is 0 Å². The number of nitrogens with one attached hydrogen (secondary N) is 2. The molecule has 148 valence electrons. The van der Waals surface area contributed by atoms with Crippen molar-refractivity contribution in [1.82, 2.24) is 9.71 Å². The maximum atomic E-state index is 14.4. The quantitative estimate of drug-likeness (QED) is 0.542. The number of rotatable bonds is 6. The summed E-state index contributed by atoms with van der Waals surface area (Å²) < 4.78 is 17.6. The molecule has 2 rings (SSSR count). The van der Waals surface area contributed by atoms with Gasteiger partial charge in [-0.3, -0.25) is 4.72 Å². The van der Waals surface area contributed by atoms with E-state index in [1.165, 1.54) is 17.4 Å². The number of hydrogen-bond donors (Lipinski definition) is 3. The summed E-state index contributed by atoms with van der Waals surface area (Å²) in [6.45, 7) is 11.1. The summed E-state index contributed by atoms with van der Waals surface area (Å²) in [4.78, 5) is 16.7. The van der Waals surface area contributed by atoms with Crippen molar-refractivity contribution in [2.24, 2.45) is 0 Å². The topological polar surface area (TPSA) is 74.2 Å². The van der Waals surface area contributed by atoms with Crippen molar-refractivity contribution in [3.05, 3.63) is 40.2 Å². The Balaban J connectivity index is 2.15. The van der Waals surface area contributed by atoms with Crippen molar-refractivity contribution in [2.75, 3.05) is 5.32 Å². The molecule has 2 aromatic rings. The highest BCUT2D eigenvalue weighted by atomic mass is 32.2. The largest absolute Gasteiger partial charge is 0.384 e. The van der Waals surface area contributed by atoms with Gasteiger partial charge in [0.2, 0.25) is 0 Å².